The molecule has 1 aromatic heterocycles. The molecular weight excluding hydrogens is 435 g/mol. The molecule has 2 amide bonds. The number of fused-ring (bicyclic) bond motifs is 2. The first-order chi connectivity index (χ1) is 15.4. The molecule has 2 aromatic carbocycles. The topological polar surface area (TPSA) is 76.5 Å². The second kappa shape index (κ2) is 7.94. The third-order valence-electron chi connectivity index (χ3n) is 5.88. The number of carbonyl (C=O) groups is 2. The zero-order valence-electron chi connectivity index (χ0n) is 17.1. The van der Waals surface area contributed by atoms with Crippen LogP contribution in [0.2, 0.25) is 5.02 Å². The van der Waals surface area contributed by atoms with Crippen molar-refractivity contribution in [3.63, 3.8) is 0 Å². The smallest absolute Gasteiger partial charge is 0.412 e. The molecule has 1 fully saturated rings. The number of hydrogen-bond acceptors (Lipinski definition) is 4. The predicted molar refractivity (Wildman–Crippen MR) is 116 cm³/mol. The lowest BCUT2D eigenvalue weighted by atomic mass is 9.83. The van der Waals surface area contributed by atoms with E-state index in [2.05, 4.69) is 10.4 Å². The van der Waals surface area contributed by atoms with Crippen molar-refractivity contribution in [2.75, 3.05) is 18.4 Å². The second-order valence-electron chi connectivity index (χ2n) is 8.04. The van der Waals surface area contributed by atoms with Gasteiger partial charge < -0.3 is 9.64 Å². The zero-order valence-corrected chi connectivity index (χ0v) is 17.8. The van der Waals surface area contributed by atoms with E-state index in [4.69, 9.17) is 16.3 Å². The van der Waals surface area contributed by atoms with Crippen molar-refractivity contribution in [1.82, 2.24) is 14.7 Å². The maximum Gasteiger partial charge on any atom is 0.412 e. The molecule has 9 heteroatoms. The van der Waals surface area contributed by atoms with E-state index in [0.717, 1.165) is 5.56 Å². The Morgan fingerprint density at radius 1 is 1.25 bits per heavy atom. The Bertz CT molecular complexity index is 1200. The molecular formula is C23H20ClFN4O3. The van der Waals surface area contributed by atoms with Crippen LogP contribution < -0.4 is 5.32 Å². The summed E-state index contributed by atoms with van der Waals surface area (Å²) in [5.41, 5.74) is 0.692. The lowest BCUT2D eigenvalue weighted by Gasteiger charge is -2.45. The van der Waals surface area contributed by atoms with Gasteiger partial charge >= 0.3 is 6.09 Å². The highest BCUT2D eigenvalue weighted by Crippen LogP contribution is 2.45. The minimum atomic E-state index is -1.29. The van der Waals surface area contributed by atoms with Gasteiger partial charge in [-0.3, -0.25) is 14.8 Å². The van der Waals surface area contributed by atoms with Crippen LogP contribution in [0, 0.1) is 5.82 Å². The lowest BCUT2D eigenvalue weighted by Crippen LogP contribution is -2.53. The number of nitrogens with zero attached hydrogens (tertiary/aromatic N) is 3. The molecule has 32 heavy (non-hydrogen) atoms. The fraction of sp³-hybridized carbons (Fsp3) is 0.261. The van der Waals surface area contributed by atoms with Gasteiger partial charge in [0.1, 0.15) is 0 Å². The van der Waals surface area contributed by atoms with Gasteiger partial charge in [0, 0.05) is 12.7 Å². The van der Waals surface area contributed by atoms with Crippen molar-refractivity contribution >= 4 is 29.3 Å². The Balaban J connectivity index is 1.41. The number of ether oxygens (including phenoxy) is 1. The number of rotatable bonds is 3. The van der Waals surface area contributed by atoms with Crippen molar-refractivity contribution in [1.29, 1.82) is 0 Å². The molecule has 2 aliphatic heterocycles. The highest BCUT2D eigenvalue weighted by atomic mass is 35.5. The molecule has 1 atom stereocenters. The molecule has 164 valence electrons. The zero-order chi connectivity index (χ0) is 22.3. The van der Waals surface area contributed by atoms with Crippen molar-refractivity contribution in [3.05, 3.63) is 82.4 Å². The van der Waals surface area contributed by atoms with E-state index >= 15 is 4.39 Å². The molecule has 0 radical (unpaired) electrons. The molecule has 2 aliphatic rings. The van der Waals surface area contributed by atoms with Crippen LogP contribution >= 0.6 is 11.6 Å². The van der Waals surface area contributed by atoms with Crippen LogP contribution in [0.15, 0.2) is 54.9 Å². The average molecular weight is 455 g/mol. The van der Waals surface area contributed by atoms with E-state index in [-0.39, 0.29) is 23.0 Å². The Hall–Kier alpha value is -3.39. The molecule has 3 aromatic rings. The van der Waals surface area contributed by atoms with Crippen molar-refractivity contribution < 1.29 is 18.7 Å². The van der Waals surface area contributed by atoms with Crippen LogP contribution in [-0.2, 0) is 16.9 Å². The second-order valence-corrected chi connectivity index (χ2v) is 8.44. The largest absolute Gasteiger partial charge is 0.436 e. The summed E-state index contributed by atoms with van der Waals surface area (Å²) in [6.45, 7) is 1.04. The number of amides is 2. The number of halogens is 2. The summed E-state index contributed by atoms with van der Waals surface area (Å²) in [4.78, 5) is 27.0. The number of benzene rings is 2. The minimum Gasteiger partial charge on any atom is -0.436 e. The lowest BCUT2D eigenvalue weighted by molar-refractivity contribution is -0.0418. The van der Waals surface area contributed by atoms with Gasteiger partial charge in [-0.1, -0.05) is 41.9 Å². The summed E-state index contributed by atoms with van der Waals surface area (Å²) >= 11 is 6.01. The molecule has 0 saturated carbocycles. The number of carbonyl (C=O) groups excluding carboxylic acids is 2. The number of anilines is 1. The molecule has 0 bridgehead atoms. The van der Waals surface area contributed by atoms with Crippen molar-refractivity contribution in [2.24, 2.45) is 0 Å². The number of hydrogen-bond donors (Lipinski definition) is 1. The Labute approximate surface area is 188 Å². The maximum atomic E-state index is 15.0. The van der Waals surface area contributed by atoms with E-state index in [9.17, 15) is 9.59 Å². The average Bonchev–Trinajstić information content (AvgIpc) is 3.24. The molecule has 5 rings (SSSR count). The Morgan fingerprint density at radius 3 is 2.88 bits per heavy atom. The van der Waals surface area contributed by atoms with E-state index in [1.165, 1.54) is 12.3 Å². The quantitative estimate of drug-likeness (QED) is 0.635. The Kier molecular flexibility index (Phi) is 5.09. The van der Waals surface area contributed by atoms with Crippen LogP contribution in [0.5, 0.6) is 0 Å². The third kappa shape index (κ3) is 3.60. The number of nitrogens with one attached hydrogen (secondary N) is 1. The van der Waals surface area contributed by atoms with Crippen molar-refractivity contribution in [2.45, 2.75) is 25.0 Å². The van der Waals surface area contributed by atoms with Crippen LogP contribution in [-0.4, -0.2) is 39.8 Å². The summed E-state index contributed by atoms with van der Waals surface area (Å²) in [5.74, 6) is -0.892. The summed E-state index contributed by atoms with van der Waals surface area (Å²) in [6.07, 6.45) is 3.47. The Morgan fingerprint density at radius 2 is 2.06 bits per heavy atom. The van der Waals surface area contributed by atoms with Crippen LogP contribution in [0.25, 0.3) is 0 Å². The number of likely N-dealkylation sites (tertiary alicyclic amines) is 1. The molecule has 7 nitrogen and oxygen atoms in total. The van der Waals surface area contributed by atoms with E-state index < -0.39 is 17.5 Å². The molecule has 0 aliphatic carbocycles. The summed E-state index contributed by atoms with van der Waals surface area (Å²) in [7, 11) is 0. The van der Waals surface area contributed by atoms with Gasteiger partial charge in [-0.25, -0.2) is 9.18 Å². The van der Waals surface area contributed by atoms with Crippen LogP contribution in [0.4, 0.5) is 14.9 Å². The maximum absolute atomic E-state index is 15.0. The van der Waals surface area contributed by atoms with Gasteiger partial charge in [0.2, 0.25) is 0 Å². The summed E-state index contributed by atoms with van der Waals surface area (Å²) in [5, 5.41) is 6.77. The highest BCUT2D eigenvalue weighted by molar-refractivity contribution is 6.31. The van der Waals surface area contributed by atoms with Gasteiger partial charge in [-0.2, -0.15) is 5.10 Å². The first kappa shape index (κ1) is 20.5. The molecule has 1 saturated heterocycles. The number of piperidine rings is 1. The normalized spacial score (nSPS) is 19.9. The van der Waals surface area contributed by atoms with E-state index in [0.29, 0.717) is 37.2 Å². The van der Waals surface area contributed by atoms with Gasteiger partial charge in [-0.05, 0) is 30.5 Å². The minimum absolute atomic E-state index is 0.0351. The highest BCUT2D eigenvalue weighted by Gasteiger charge is 2.48. The molecule has 0 unspecified atom stereocenters. The first-order valence-electron chi connectivity index (χ1n) is 10.3. The standard InChI is InChI=1S/C23H20ClFN4O3/c24-17-7-8-18-19(20(17)25)23(32-22(31)27-18)9-4-10-28(14-23)21(30)16-11-26-29(13-16)12-15-5-2-1-3-6-15/h1-3,5-8,11,13H,4,9-10,12,14H2,(H,27,31)/t23-/m0/s1. The molecule has 3 heterocycles. The van der Waals surface area contributed by atoms with Crippen LogP contribution in [0.1, 0.15) is 34.3 Å². The molecule has 1 spiro atoms. The summed E-state index contributed by atoms with van der Waals surface area (Å²) in [6, 6.07) is 12.7. The SMILES string of the molecule is O=C1Nc2ccc(Cl)c(F)c2[C@@]2(CCCN(C(=O)c3cnn(Cc4ccccc4)c3)C2)O1. The van der Waals surface area contributed by atoms with Crippen molar-refractivity contribution in [3.8, 4) is 0 Å². The fourth-order valence-corrected chi connectivity index (χ4v) is 4.62. The van der Waals surface area contributed by atoms with E-state index in [1.54, 1.807) is 21.8 Å². The van der Waals surface area contributed by atoms with Crippen LogP contribution in [0.3, 0.4) is 0 Å². The number of aromatic nitrogens is 2. The van der Waals surface area contributed by atoms with Gasteiger partial charge in [0.15, 0.2) is 11.4 Å². The monoisotopic (exact) mass is 454 g/mol. The molecule has 1 N–H and O–H groups in total. The third-order valence-corrected chi connectivity index (χ3v) is 6.18. The van der Waals surface area contributed by atoms with Gasteiger partial charge in [-0.15, -0.1) is 0 Å². The van der Waals surface area contributed by atoms with Gasteiger partial charge in [0.25, 0.3) is 5.91 Å². The van der Waals surface area contributed by atoms with E-state index in [1.807, 2.05) is 30.3 Å². The van der Waals surface area contributed by atoms with Gasteiger partial charge in [0.05, 0.1) is 41.1 Å². The fourth-order valence-electron chi connectivity index (χ4n) is 4.46. The summed E-state index contributed by atoms with van der Waals surface area (Å²) < 4.78 is 22.3. The predicted octanol–water partition coefficient (Wildman–Crippen LogP) is 4.42. The first-order valence-corrected chi connectivity index (χ1v) is 10.7.